The minimum Gasteiger partial charge on any atom is -0.336 e. The molecule has 3 heteroatoms. The molecule has 1 radical (unpaired) electrons. The zero-order valence-electron chi connectivity index (χ0n) is 8.99. The maximum Gasteiger partial charge on any atom is 0.318 e. The molecule has 1 N–H and O–H groups in total. The van der Waals surface area contributed by atoms with Crippen LogP contribution in [-0.4, -0.2) is 29.1 Å². The van der Waals surface area contributed by atoms with Crippen molar-refractivity contribution in [2.24, 2.45) is 0 Å². The number of hydrogen-bond acceptors (Lipinski definition) is 1. The Labute approximate surface area is 85.8 Å². The van der Waals surface area contributed by atoms with Crippen LogP contribution >= 0.6 is 0 Å². The fourth-order valence-electron chi connectivity index (χ4n) is 2.56. The molecule has 2 aliphatic rings. The second kappa shape index (κ2) is 3.79. The third-order valence-electron chi connectivity index (χ3n) is 3.14. The van der Waals surface area contributed by atoms with Gasteiger partial charge in [-0.15, -0.1) is 0 Å². The van der Waals surface area contributed by atoms with Gasteiger partial charge in [0.25, 0.3) is 0 Å². The van der Waals surface area contributed by atoms with Gasteiger partial charge in [0.15, 0.2) is 0 Å². The smallest absolute Gasteiger partial charge is 0.318 e. The Morgan fingerprint density at radius 1 is 1.36 bits per heavy atom. The zero-order valence-corrected chi connectivity index (χ0v) is 8.99. The molecular formula is C11H19N2O. The van der Waals surface area contributed by atoms with Gasteiger partial charge in [0.05, 0.1) is 0 Å². The van der Waals surface area contributed by atoms with Gasteiger partial charge in [0, 0.05) is 18.1 Å². The minimum absolute atomic E-state index is 0.139. The Morgan fingerprint density at radius 2 is 1.93 bits per heavy atom. The van der Waals surface area contributed by atoms with Gasteiger partial charge in [-0.1, -0.05) is 0 Å². The van der Waals surface area contributed by atoms with E-state index in [1.807, 2.05) is 13.8 Å². The molecule has 0 aromatic rings. The highest BCUT2D eigenvalue weighted by Crippen LogP contribution is 2.34. The first-order valence-corrected chi connectivity index (χ1v) is 5.59. The quantitative estimate of drug-likeness (QED) is 0.681. The van der Waals surface area contributed by atoms with Crippen LogP contribution < -0.4 is 5.32 Å². The summed E-state index contributed by atoms with van der Waals surface area (Å²) in [5.41, 5.74) is 0. The number of nitrogens with one attached hydrogen (secondary N) is 1. The maximum absolute atomic E-state index is 11.9. The largest absolute Gasteiger partial charge is 0.336 e. The van der Waals surface area contributed by atoms with Crippen LogP contribution in [0.1, 0.15) is 39.5 Å². The van der Waals surface area contributed by atoms with Crippen molar-refractivity contribution in [3.63, 3.8) is 0 Å². The first-order valence-electron chi connectivity index (χ1n) is 5.59. The summed E-state index contributed by atoms with van der Waals surface area (Å²) in [6.07, 6.45) is 6.88. The van der Waals surface area contributed by atoms with Crippen molar-refractivity contribution in [2.75, 3.05) is 0 Å². The Balaban J connectivity index is 2.00. The monoisotopic (exact) mass is 195 g/mol. The highest BCUT2D eigenvalue weighted by Gasteiger charge is 2.39. The van der Waals surface area contributed by atoms with Crippen LogP contribution in [0.3, 0.4) is 0 Å². The van der Waals surface area contributed by atoms with Crippen LogP contribution in [0.15, 0.2) is 0 Å². The van der Waals surface area contributed by atoms with E-state index in [0.29, 0.717) is 12.1 Å². The van der Waals surface area contributed by atoms with E-state index in [4.69, 9.17) is 0 Å². The first-order chi connectivity index (χ1) is 6.68. The molecule has 2 aliphatic heterocycles. The van der Waals surface area contributed by atoms with Crippen molar-refractivity contribution in [3.05, 3.63) is 6.42 Å². The van der Waals surface area contributed by atoms with Crippen LogP contribution in [0.4, 0.5) is 4.79 Å². The molecule has 2 unspecified atom stereocenters. The second-order valence-electron chi connectivity index (χ2n) is 4.66. The number of nitrogens with zero attached hydrogens (tertiary/aromatic N) is 1. The second-order valence-corrected chi connectivity index (χ2v) is 4.66. The molecule has 0 aromatic carbocycles. The summed E-state index contributed by atoms with van der Waals surface area (Å²) in [6.45, 7) is 4.02. The van der Waals surface area contributed by atoms with Gasteiger partial charge in [0.2, 0.25) is 0 Å². The lowest BCUT2D eigenvalue weighted by atomic mass is 10.0. The standard InChI is InChI=1S/C11H19N2O/c1-8(2)12-11(14)13-9-4-3-5-10(13)7-6-9/h3,8-10H,4-7H2,1-2H3,(H,12,14). The fourth-order valence-corrected chi connectivity index (χ4v) is 2.56. The third-order valence-corrected chi connectivity index (χ3v) is 3.14. The third kappa shape index (κ3) is 1.72. The average molecular weight is 195 g/mol. The molecule has 2 rings (SSSR count). The zero-order chi connectivity index (χ0) is 10.1. The van der Waals surface area contributed by atoms with Gasteiger partial charge < -0.3 is 10.2 Å². The van der Waals surface area contributed by atoms with Crippen LogP contribution in [0, 0.1) is 6.42 Å². The molecule has 2 saturated heterocycles. The van der Waals surface area contributed by atoms with Gasteiger partial charge in [0.1, 0.15) is 0 Å². The number of urea groups is 1. The van der Waals surface area contributed by atoms with E-state index in [9.17, 15) is 4.79 Å². The predicted molar refractivity (Wildman–Crippen MR) is 55.9 cm³/mol. The van der Waals surface area contributed by atoms with E-state index >= 15 is 0 Å². The minimum atomic E-state index is 0.139. The lowest BCUT2D eigenvalue weighted by Gasteiger charge is -2.35. The van der Waals surface area contributed by atoms with Gasteiger partial charge >= 0.3 is 6.03 Å². The molecule has 0 aromatic heterocycles. The molecule has 14 heavy (non-hydrogen) atoms. The van der Waals surface area contributed by atoms with Crippen LogP contribution in [-0.2, 0) is 0 Å². The van der Waals surface area contributed by atoms with Gasteiger partial charge in [-0.05, 0) is 46.0 Å². The van der Waals surface area contributed by atoms with Crippen molar-refractivity contribution in [1.82, 2.24) is 10.2 Å². The van der Waals surface area contributed by atoms with E-state index in [-0.39, 0.29) is 12.1 Å². The maximum atomic E-state index is 11.9. The number of piperidine rings is 1. The van der Waals surface area contributed by atoms with Crippen molar-refractivity contribution >= 4 is 6.03 Å². The molecule has 0 spiro atoms. The molecular weight excluding hydrogens is 176 g/mol. The summed E-state index contributed by atoms with van der Waals surface area (Å²) in [4.78, 5) is 13.9. The van der Waals surface area contributed by atoms with Gasteiger partial charge in [-0.2, -0.15) is 0 Å². The highest BCUT2D eigenvalue weighted by molar-refractivity contribution is 5.75. The number of carbonyl (C=O) groups excluding carboxylic acids is 1. The fraction of sp³-hybridized carbons (Fsp3) is 0.818. The number of carbonyl (C=O) groups is 1. The number of hydrogen-bond donors (Lipinski definition) is 1. The predicted octanol–water partition coefficient (Wildman–Crippen LogP) is 1.94. The van der Waals surface area contributed by atoms with E-state index in [2.05, 4.69) is 16.6 Å². The molecule has 0 aliphatic carbocycles. The van der Waals surface area contributed by atoms with Crippen LogP contribution in [0.2, 0.25) is 0 Å². The molecule has 2 heterocycles. The summed E-state index contributed by atoms with van der Waals surface area (Å²) >= 11 is 0. The summed E-state index contributed by atoms with van der Waals surface area (Å²) in [5.74, 6) is 0. The van der Waals surface area contributed by atoms with Gasteiger partial charge in [-0.3, -0.25) is 0 Å². The van der Waals surface area contributed by atoms with E-state index < -0.39 is 0 Å². The summed E-state index contributed by atoms with van der Waals surface area (Å²) in [5, 5.41) is 2.99. The lowest BCUT2D eigenvalue weighted by molar-refractivity contribution is 0.157. The van der Waals surface area contributed by atoms with Crippen LogP contribution in [0.25, 0.3) is 0 Å². The summed E-state index contributed by atoms with van der Waals surface area (Å²) in [6, 6.07) is 1.34. The first kappa shape index (κ1) is 9.81. The van der Waals surface area contributed by atoms with Crippen molar-refractivity contribution in [2.45, 2.75) is 57.7 Å². The Kier molecular flexibility index (Phi) is 2.66. The average Bonchev–Trinajstić information content (AvgIpc) is 2.36. The Bertz CT molecular complexity index is 211. The number of fused-ring (bicyclic) bond motifs is 2. The normalized spacial score (nSPS) is 30.9. The van der Waals surface area contributed by atoms with E-state index in [0.717, 1.165) is 12.8 Å². The Hall–Kier alpha value is -0.730. The summed E-state index contributed by atoms with van der Waals surface area (Å²) < 4.78 is 0. The molecule has 79 valence electrons. The Morgan fingerprint density at radius 3 is 2.43 bits per heavy atom. The topological polar surface area (TPSA) is 32.3 Å². The molecule has 2 atom stereocenters. The van der Waals surface area contributed by atoms with E-state index in [1.54, 1.807) is 0 Å². The van der Waals surface area contributed by atoms with E-state index in [1.165, 1.54) is 12.8 Å². The van der Waals surface area contributed by atoms with Crippen molar-refractivity contribution in [1.29, 1.82) is 0 Å². The molecule has 2 amide bonds. The SMILES string of the molecule is CC(C)NC(=O)N1C2C[CH]CC1CC2. The molecule has 0 saturated carbocycles. The van der Waals surface area contributed by atoms with Crippen LogP contribution in [0.5, 0.6) is 0 Å². The highest BCUT2D eigenvalue weighted by atomic mass is 16.2. The lowest BCUT2D eigenvalue weighted by Crippen LogP contribution is -2.50. The summed E-state index contributed by atoms with van der Waals surface area (Å²) in [7, 11) is 0. The number of rotatable bonds is 1. The van der Waals surface area contributed by atoms with Gasteiger partial charge in [-0.25, -0.2) is 4.79 Å². The molecule has 3 nitrogen and oxygen atoms in total. The molecule has 2 bridgehead atoms. The van der Waals surface area contributed by atoms with Crippen molar-refractivity contribution < 1.29 is 4.79 Å². The number of amides is 2. The van der Waals surface area contributed by atoms with Crippen molar-refractivity contribution in [3.8, 4) is 0 Å². The molecule has 2 fully saturated rings.